The van der Waals surface area contributed by atoms with E-state index in [9.17, 15) is 19.2 Å². The molecule has 4 amide bonds. The maximum atomic E-state index is 13.1. The van der Waals surface area contributed by atoms with Crippen LogP contribution >= 0.6 is 11.8 Å². The summed E-state index contributed by atoms with van der Waals surface area (Å²) in [5.74, 6) is -0.322. The van der Waals surface area contributed by atoms with Crippen LogP contribution in [0, 0.1) is 20.8 Å². The van der Waals surface area contributed by atoms with Crippen LogP contribution in [0.3, 0.4) is 0 Å². The number of anilines is 2. The minimum absolute atomic E-state index is 0.185. The number of hydrogen-bond donors (Lipinski definition) is 2. The van der Waals surface area contributed by atoms with Crippen LogP contribution < -0.4 is 20.1 Å². The third kappa shape index (κ3) is 7.87. The van der Waals surface area contributed by atoms with Crippen molar-refractivity contribution in [3.63, 3.8) is 0 Å². The van der Waals surface area contributed by atoms with Crippen molar-refractivity contribution < 1.29 is 28.7 Å². The van der Waals surface area contributed by atoms with Crippen LogP contribution in [0.2, 0.25) is 0 Å². The van der Waals surface area contributed by atoms with E-state index in [1.54, 1.807) is 24.3 Å². The summed E-state index contributed by atoms with van der Waals surface area (Å²) in [7, 11) is 0. The number of carbonyl (C=O) groups is 4. The second kappa shape index (κ2) is 14.3. The summed E-state index contributed by atoms with van der Waals surface area (Å²) < 4.78 is 11.5. The zero-order valence-corrected chi connectivity index (χ0v) is 26.6. The van der Waals surface area contributed by atoms with Crippen molar-refractivity contribution in [3.8, 4) is 11.5 Å². The van der Waals surface area contributed by atoms with E-state index < -0.39 is 23.6 Å². The van der Waals surface area contributed by atoms with Gasteiger partial charge in [0.1, 0.15) is 6.54 Å². The molecule has 0 radical (unpaired) electrons. The molecule has 1 aliphatic rings. The van der Waals surface area contributed by atoms with Gasteiger partial charge in [-0.1, -0.05) is 55.8 Å². The first-order valence-corrected chi connectivity index (χ1v) is 15.2. The molecule has 1 fully saturated rings. The summed E-state index contributed by atoms with van der Waals surface area (Å²) in [5, 5.41) is 5.21. The highest BCUT2D eigenvalue weighted by Gasteiger charge is 2.36. The van der Waals surface area contributed by atoms with Crippen LogP contribution in [0.15, 0.2) is 59.5 Å². The Labute approximate surface area is 262 Å². The van der Waals surface area contributed by atoms with Gasteiger partial charge in [-0.25, -0.2) is 0 Å². The Morgan fingerprint density at radius 3 is 2.30 bits per heavy atom. The Morgan fingerprint density at radius 2 is 1.61 bits per heavy atom. The van der Waals surface area contributed by atoms with E-state index in [4.69, 9.17) is 9.47 Å². The number of aryl methyl sites for hydroxylation is 3. The van der Waals surface area contributed by atoms with Crippen LogP contribution in [-0.2, 0) is 14.4 Å². The number of para-hydroxylation sites is 1. The Hall–Kier alpha value is -4.57. The van der Waals surface area contributed by atoms with Gasteiger partial charge >= 0.3 is 0 Å². The predicted octanol–water partition coefficient (Wildman–Crippen LogP) is 6.83. The van der Waals surface area contributed by atoms with E-state index in [1.807, 2.05) is 64.1 Å². The number of rotatable bonds is 11. The van der Waals surface area contributed by atoms with Gasteiger partial charge in [-0.05, 0) is 91.9 Å². The maximum absolute atomic E-state index is 13.1. The van der Waals surface area contributed by atoms with Crippen molar-refractivity contribution in [1.29, 1.82) is 0 Å². The first-order valence-electron chi connectivity index (χ1n) is 14.4. The molecule has 3 aromatic carbocycles. The number of thioether (sulfide) groups is 1. The van der Waals surface area contributed by atoms with Gasteiger partial charge in [0.15, 0.2) is 18.1 Å². The van der Waals surface area contributed by atoms with Crippen molar-refractivity contribution in [2.24, 2.45) is 0 Å². The van der Waals surface area contributed by atoms with Crippen molar-refractivity contribution in [1.82, 2.24) is 4.90 Å². The summed E-state index contributed by atoms with van der Waals surface area (Å²) in [5.41, 5.74) is 5.92. The third-order valence-electron chi connectivity index (χ3n) is 6.90. The lowest BCUT2D eigenvalue weighted by Gasteiger charge is -2.16. The highest BCUT2D eigenvalue weighted by molar-refractivity contribution is 8.18. The minimum Gasteiger partial charge on any atom is -0.490 e. The number of nitrogens with one attached hydrogen (secondary N) is 2. The van der Waals surface area contributed by atoms with E-state index in [1.165, 1.54) is 0 Å². The fourth-order valence-electron chi connectivity index (χ4n) is 4.93. The summed E-state index contributed by atoms with van der Waals surface area (Å²) in [6.07, 6.45) is 1.57. The van der Waals surface area contributed by atoms with Gasteiger partial charge < -0.3 is 20.1 Å². The topological polar surface area (TPSA) is 114 Å². The molecule has 0 atom stereocenters. The number of ether oxygens (including phenoxy) is 2. The molecule has 0 unspecified atom stereocenters. The van der Waals surface area contributed by atoms with Crippen molar-refractivity contribution in [2.45, 2.75) is 47.5 Å². The molecule has 4 rings (SSSR count). The zero-order valence-electron chi connectivity index (χ0n) is 25.8. The number of amides is 4. The molecular weight excluding hydrogens is 578 g/mol. The molecule has 1 saturated heterocycles. The van der Waals surface area contributed by atoms with Crippen LogP contribution in [0.25, 0.3) is 6.08 Å². The molecule has 0 aromatic heterocycles. The summed E-state index contributed by atoms with van der Waals surface area (Å²) in [6, 6.07) is 16.6. The lowest BCUT2D eigenvalue weighted by Crippen LogP contribution is -2.36. The van der Waals surface area contributed by atoms with Gasteiger partial charge in [0.2, 0.25) is 5.91 Å². The Balaban J connectivity index is 1.42. The van der Waals surface area contributed by atoms with Gasteiger partial charge in [-0.2, -0.15) is 0 Å². The van der Waals surface area contributed by atoms with E-state index >= 15 is 0 Å². The molecular formula is C34H37N3O6S. The molecule has 1 heterocycles. The lowest BCUT2D eigenvalue weighted by atomic mass is 10.0. The van der Waals surface area contributed by atoms with E-state index in [2.05, 4.69) is 24.5 Å². The quantitative estimate of drug-likeness (QED) is 0.227. The first kappa shape index (κ1) is 32.3. The van der Waals surface area contributed by atoms with Crippen LogP contribution in [0.4, 0.5) is 16.2 Å². The van der Waals surface area contributed by atoms with Gasteiger partial charge in [0.05, 0.1) is 11.5 Å². The minimum atomic E-state index is -0.552. The SMILES string of the molecule is CCOc1cc(/C=C2/SC(=O)N(CC(=O)Nc3c(C)cc(C)cc3C)C2=O)ccc1OCC(=O)Nc1ccccc1C(C)C. The number of carbonyl (C=O) groups excluding carboxylic acids is 4. The summed E-state index contributed by atoms with van der Waals surface area (Å²) in [4.78, 5) is 52.3. The second-order valence-corrected chi connectivity index (χ2v) is 11.8. The smallest absolute Gasteiger partial charge is 0.294 e. The van der Waals surface area contributed by atoms with E-state index in [-0.39, 0.29) is 23.3 Å². The van der Waals surface area contributed by atoms with Crippen LogP contribution in [0.5, 0.6) is 11.5 Å². The molecule has 1 aliphatic heterocycles. The number of imide groups is 1. The van der Waals surface area contributed by atoms with Crippen molar-refractivity contribution in [2.75, 3.05) is 30.4 Å². The number of nitrogens with zero attached hydrogens (tertiary/aromatic N) is 1. The monoisotopic (exact) mass is 615 g/mol. The van der Waals surface area contributed by atoms with E-state index in [0.717, 1.165) is 44.6 Å². The molecule has 230 valence electrons. The summed E-state index contributed by atoms with van der Waals surface area (Å²) in [6.45, 7) is 11.4. The average Bonchev–Trinajstić information content (AvgIpc) is 3.22. The molecule has 3 aromatic rings. The zero-order chi connectivity index (χ0) is 32.0. The highest BCUT2D eigenvalue weighted by atomic mass is 32.2. The second-order valence-electron chi connectivity index (χ2n) is 10.8. The van der Waals surface area contributed by atoms with Crippen molar-refractivity contribution >= 4 is 52.2 Å². The van der Waals surface area contributed by atoms with Crippen LogP contribution in [-0.4, -0.2) is 47.6 Å². The summed E-state index contributed by atoms with van der Waals surface area (Å²) >= 11 is 0.768. The first-order chi connectivity index (χ1) is 21.0. The fraction of sp³-hybridized carbons (Fsp3) is 0.294. The largest absolute Gasteiger partial charge is 0.490 e. The molecule has 0 bridgehead atoms. The molecule has 0 saturated carbocycles. The average molecular weight is 616 g/mol. The maximum Gasteiger partial charge on any atom is 0.294 e. The van der Waals surface area contributed by atoms with Gasteiger partial charge in [0, 0.05) is 11.4 Å². The molecule has 44 heavy (non-hydrogen) atoms. The molecule has 2 N–H and O–H groups in total. The van der Waals surface area contributed by atoms with E-state index in [0.29, 0.717) is 29.4 Å². The van der Waals surface area contributed by atoms with Crippen molar-refractivity contribution in [3.05, 3.63) is 87.3 Å². The normalized spacial score (nSPS) is 13.9. The number of benzene rings is 3. The third-order valence-corrected chi connectivity index (χ3v) is 7.81. The fourth-order valence-corrected chi connectivity index (χ4v) is 5.77. The Kier molecular flexibility index (Phi) is 10.5. The van der Waals surface area contributed by atoms with Gasteiger partial charge in [-0.15, -0.1) is 0 Å². The Bertz CT molecular complexity index is 1610. The standard InChI is InChI=1S/C34H37N3O6S/c1-7-42-28-16-24(12-13-27(28)43-19-31(39)35-26-11-9-8-10-25(26)20(2)3)17-29-33(40)37(34(41)44-29)18-30(38)36-32-22(5)14-21(4)15-23(32)6/h8-17,20H,7,18-19H2,1-6H3,(H,35,39)(H,36,38)/b29-17+. The molecule has 10 heteroatoms. The molecule has 9 nitrogen and oxygen atoms in total. The number of hydrogen-bond acceptors (Lipinski definition) is 7. The highest BCUT2D eigenvalue weighted by Crippen LogP contribution is 2.35. The molecule has 0 spiro atoms. The van der Waals surface area contributed by atoms with Gasteiger partial charge in [-0.3, -0.25) is 24.1 Å². The predicted molar refractivity (Wildman–Crippen MR) is 174 cm³/mol. The van der Waals surface area contributed by atoms with Gasteiger partial charge in [0.25, 0.3) is 17.1 Å². The lowest BCUT2D eigenvalue weighted by molar-refractivity contribution is -0.127. The molecule has 0 aliphatic carbocycles. The van der Waals surface area contributed by atoms with Crippen LogP contribution in [0.1, 0.15) is 54.5 Å². The Morgan fingerprint density at radius 1 is 0.909 bits per heavy atom.